The van der Waals surface area contributed by atoms with Crippen molar-refractivity contribution in [3.05, 3.63) is 0 Å². The van der Waals surface area contributed by atoms with Crippen LogP contribution in [-0.4, -0.2) is 43.2 Å². The summed E-state index contributed by atoms with van der Waals surface area (Å²) in [5, 5.41) is 3.07. The Bertz CT molecular complexity index is 186. The van der Waals surface area contributed by atoms with E-state index in [0.29, 0.717) is 24.7 Å². The van der Waals surface area contributed by atoms with Crippen LogP contribution in [0.2, 0.25) is 0 Å². The minimum atomic E-state index is -4.26. The summed E-state index contributed by atoms with van der Waals surface area (Å²) in [4.78, 5) is 0. The molecule has 2 nitrogen and oxygen atoms in total. The minimum Gasteiger partial charge on any atom is -0.372 e. The summed E-state index contributed by atoms with van der Waals surface area (Å²) < 4.78 is 39.5. The van der Waals surface area contributed by atoms with E-state index >= 15 is 0 Å². The van der Waals surface area contributed by atoms with E-state index in [-0.39, 0.29) is 12.1 Å². The molecule has 0 unspecified atom stereocenters. The predicted octanol–water partition coefficient (Wildman–Crippen LogP) is 2.78. The molecule has 0 aliphatic heterocycles. The molecule has 0 saturated carbocycles. The zero-order valence-electron chi connectivity index (χ0n) is 9.04. The van der Waals surface area contributed by atoms with Crippen LogP contribution in [0.3, 0.4) is 0 Å². The summed E-state index contributed by atoms with van der Waals surface area (Å²) in [5.74, 6) is 0.694. The van der Waals surface area contributed by atoms with Gasteiger partial charge in [-0.05, 0) is 19.9 Å². The average molecular weight is 282 g/mol. The van der Waals surface area contributed by atoms with Crippen molar-refractivity contribution in [3.8, 4) is 0 Å². The van der Waals surface area contributed by atoms with Crippen molar-refractivity contribution < 1.29 is 17.9 Å². The van der Waals surface area contributed by atoms with Crippen molar-refractivity contribution in [2.45, 2.75) is 25.1 Å². The molecule has 0 spiro atoms. The molecule has 0 saturated heterocycles. The van der Waals surface area contributed by atoms with Crippen molar-refractivity contribution in [3.63, 3.8) is 0 Å². The second-order valence-electron chi connectivity index (χ2n) is 3.78. The van der Waals surface area contributed by atoms with E-state index in [1.807, 2.05) is 6.92 Å². The Morgan fingerprint density at radius 3 is 2.19 bits per heavy atom. The van der Waals surface area contributed by atoms with Crippen LogP contribution in [0.25, 0.3) is 0 Å². The fourth-order valence-electron chi connectivity index (χ4n) is 0.882. The van der Waals surface area contributed by atoms with E-state index < -0.39 is 12.8 Å². The molecule has 0 amide bonds. The summed E-state index contributed by atoms with van der Waals surface area (Å²) >= 11 is 11.4. The molecular weight excluding hydrogens is 266 g/mol. The highest BCUT2D eigenvalue weighted by atomic mass is 35.5. The van der Waals surface area contributed by atoms with Gasteiger partial charge < -0.3 is 10.1 Å². The molecule has 0 aliphatic rings. The third-order valence-electron chi connectivity index (χ3n) is 1.87. The molecule has 0 aromatic rings. The third kappa shape index (κ3) is 8.44. The first-order valence-corrected chi connectivity index (χ1v) is 5.91. The molecule has 0 radical (unpaired) electrons. The van der Waals surface area contributed by atoms with Crippen molar-refractivity contribution in [2.24, 2.45) is 0 Å². The Balaban J connectivity index is 3.47. The number of hydrogen-bond donors (Lipinski definition) is 1. The Morgan fingerprint density at radius 1 is 1.19 bits per heavy atom. The largest absolute Gasteiger partial charge is 0.411 e. The fraction of sp³-hybridized carbons (Fsp3) is 1.00. The Morgan fingerprint density at radius 2 is 1.75 bits per heavy atom. The fourth-order valence-corrected chi connectivity index (χ4v) is 1.36. The van der Waals surface area contributed by atoms with Gasteiger partial charge in [0.05, 0.1) is 0 Å². The number of nitrogens with one attached hydrogen (secondary N) is 1. The normalized spacial score (nSPS) is 13.1. The smallest absolute Gasteiger partial charge is 0.372 e. The lowest BCUT2D eigenvalue weighted by molar-refractivity contribution is -0.174. The molecule has 0 rings (SSSR count). The van der Waals surface area contributed by atoms with E-state index in [2.05, 4.69) is 10.1 Å². The van der Waals surface area contributed by atoms with Crippen LogP contribution in [0.5, 0.6) is 0 Å². The quantitative estimate of drug-likeness (QED) is 0.546. The van der Waals surface area contributed by atoms with Crippen molar-refractivity contribution >= 4 is 23.2 Å². The van der Waals surface area contributed by atoms with Gasteiger partial charge >= 0.3 is 6.18 Å². The molecule has 0 bridgehead atoms. The molecule has 0 atom stereocenters. The van der Waals surface area contributed by atoms with Crippen LogP contribution >= 0.6 is 23.2 Å². The predicted molar refractivity (Wildman–Crippen MR) is 59.3 cm³/mol. The first-order valence-electron chi connectivity index (χ1n) is 4.84. The van der Waals surface area contributed by atoms with Crippen LogP contribution in [-0.2, 0) is 4.74 Å². The summed E-state index contributed by atoms with van der Waals surface area (Å²) in [6.07, 6.45) is -3.77. The van der Waals surface area contributed by atoms with Crippen molar-refractivity contribution in [1.29, 1.82) is 0 Å². The molecule has 0 aliphatic carbocycles. The maximum Gasteiger partial charge on any atom is 0.411 e. The van der Waals surface area contributed by atoms with E-state index in [1.54, 1.807) is 0 Å². The Kier molecular flexibility index (Phi) is 7.72. The SMILES string of the molecule is CC(CCl)(CCl)NCCCOCC(F)(F)F. The van der Waals surface area contributed by atoms with E-state index in [1.165, 1.54) is 0 Å². The van der Waals surface area contributed by atoms with Crippen LogP contribution in [0.15, 0.2) is 0 Å². The van der Waals surface area contributed by atoms with Gasteiger partial charge in [0.1, 0.15) is 6.61 Å². The molecule has 0 fully saturated rings. The summed E-state index contributed by atoms with van der Waals surface area (Å²) in [6, 6.07) is 0. The van der Waals surface area contributed by atoms with Crippen LogP contribution in [0.1, 0.15) is 13.3 Å². The van der Waals surface area contributed by atoms with Gasteiger partial charge in [0, 0.05) is 23.9 Å². The summed E-state index contributed by atoms with van der Waals surface area (Å²) in [7, 11) is 0. The molecule has 0 heterocycles. The Hall–Kier alpha value is 0.290. The molecule has 1 N–H and O–H groups in total. The highest BCUT2D eigenvalue weighted by Gasteiger charge is 2.27. The molecule has 98 valence electrons. The summed E-state index contributed by atoms with van der Waals surface area (Å²) in [5.41, 5.74) is -0.382. The van der Waals surface area contributed by atoms with Crippen LogP contribution < -0.4 is 5.32 Å². The number of rotatable bonds is 8. The number of hydrogen-bond acceptors (Lipinski definition) is 2. The first-order chi connectivity index (χ1) is 7.33. The zero-order chi connectivity index (χ0) is 12.7. The molecule has 0 aromatic heterocycles. The Labute approximate surface area is 103 Å². The molecule has 0 aromatic carbocycles. The van der Waals surface area contributed by atoms with Crippen LogP contribution in [0.4, 0.5) is 13.2 Å². The van der Waals surface area contributed by atoms with Gasteiger partial charge in [-0.25, -0.2) is 0 Å². The monoisotopic (exact) mass is 281 g/mol. The average Bonchev–Trinajstić information content (AvgIpc) is 2.21. The number of alkyl halides is 5. The van der Waals surface area contributed by atoms with Gasteiger partial charge in [0.15, 0.2) is 0 Å². The van der Waals surface area contributed by atoms with Gasteiger partial charge in [-0.15, -0.1) is 23.2 Å². The second kappa shape index (κ2) is 7.58. The van der Waals surface area contributed by atoms with Crippen LogP contribution in [0, 0.1) is 0 Å². The molecule has 16 heavy (non-hydrogen) atoms. The highest BCUT2D eigenvalue weighted by molar-refractivity contribution is 6.22. The van der Waals surface area contributed by atoms with Gasteiger partial charge in [0.2, 0.25) is 0 Å². The summed E-state index contributed by atoms with van der Waals surface area (Å²) in [6.45, 7) is 1.24. The first kappa shape index (κ1) is 16.3. The lowest BCUT2D eigenvalue weighted by Gasteiger charge is -2.25. The van der Waals surface area contributed by atoms with Gasteiger partial charge in [0.25, 0.3) is 0 Å². The molecule has 7 heteroatoms. The lowest BCUT2D eigenvalue weighted by Crippen LogP contribution is -2.46. The van der Waals surface area contributed by atoms with Crippen molar-refractivity contribution in [1.82, 2.24) is 5.32 Å². The lowest BCUT2D eigenvalue weighted by atomic mass is 10.1. The topological polar surface area (TPSA) is 21.3 Å². The van der Waals surface area contributed by atoms with E-state index in [4.69, 9.17) is 23.2 Å². The second-order valence-corrected chi connectivity index (χ2v) is 4.31. The number of ether oxygens (including phenoxy) is 1. The maximum atomic E-state index is 11.7. The van der Waals surface area contributed by atoms with Gasteiger partial charge in [-0.2, -0.15) is 13.2 Å². The molecular formula is C9H16Cl2F3NO. The van der Waals surface area contributed by atoms with Gasteiger partial charge in [-0.1, -0.05) is 0 Å². The van der Waals surface area contributed by atoms with Gasteiger partial charge in [-0.3, -0.25) is 0 Å². The highest BCUT2D eigenvalue weighted by Crippen LogP contribution is 2.14. The minimum absolute atomic E-state index is 0.0627. The third-order valence-corrected chi connectivity index (χ3v) is 3.05. The maximum absolute atomic E-state index is 11.7. The zero-order valence-corrected chi connectivity index (χ0v) is 10.6. The van der Waals surface area contributed by atoms with Crippen molar-refractivity contribution in [2.75, 3.05) is 31.5 Å². The number of halogens is 5. The van der Waals surface area contributed by atoms with E-state index in [0.717, 1.165) is 0 Å². The van der Waals surface area contributed by atoms with E-state index in [9.17, 15) is 13.2 Å². The standard InChI is InChI=1S/C9H16Cl2F3NO/c1-8(5-10,6-11)15-3-2-4-16-7-9(12,13)14/h15H,2-7H2,1H3.